The number of halogens is 2. The molecule has 1 amide bonds. The third-order valence-electron chi connectivity index (χ3n) is 2.85. The SMILES string of the molecule is Cc1nccn1CCC(=O)Nc1c(N)cc(Cl)cc1Cl. The van der Waals surface area contributed by atoms with Crippen molar-refractivity contribution in [3.8, 4) is 0 Å². The minimum absolute atomic E-state index is 0.172. The van der Waals surface area contributed by atoms with Crippen LogP contribution in [0.15, 0.2) is 24.5 Å². The predicted molar refractivity (Wildman–Crippen MR) is 81.1 cm³/mol. The van der Waals surface area contributed by atoms with E-state index in [0.717, 1.165) is 5.82 Å². The molecule has 0 saturated heterocycles. The molecule has 0 unspecified atom stereocenters. The molecule has 2 rings (SSSR count). The molecule has 2 aromatic rings. The lowest BCUT2D eigenvalue weighted by atomic mass is 10.2. The Hall–Kier alpha value is -1.72. The number of nitrogens with one attached hydrogen (secondary N) is 1. The normalized spacial score (nSPS) is 10.6. The molecule has 20 heavy (non-hydrogen) atoms. The molecule has 1 aromatic carbocycles. The van der Waals surface area contributed by atoms with Gasteiger partial charge in [0, 0.05) is 30.4 Å². The predicted octanol–water partition coefficient (Wildman–Crippen LogP) is 3.11. The number of carbonyl (C=O) groups is 1. The van der Waals surface area contributed by atoms with Crippen LogP contribution < -0.4 is 11.1 Å². The van der Waals surface area contributed by atoms with Crippen molar-refractivity contribution in [2.24, 2.45) is 0 Å². The number of anilines is 2. The van der Waals surface area contributed by atoms with Gasteiger partial charge in [-0.3, -0.25) is 4.79 Å². The number of aryl methyl sites for hydroxylation is 2. The average Bonchev–Trinajstić information content (AvgIpc) is 2.77. The molecule has 3 N–H and O–H groups in total. The maximum atomic E-state index is 11.9. The maximum absolute atomic E-state index is 11.9. The number of hydrogen-bond donors (Lipinski definition) is 2. The van der Waals surface area contributed by atoms with E-state index < -0.39 is 0 Å². The number of aromatic nitrogens is 2. The summed E-state index contributed by atoms with van der Waals surface area (Å²) in [6.45, 7) is 2.43. The van der Waals surface area contributed by atoms with Gasteiger partial charge in [0.1, 0.15) is 5.82 Å². The standard InChI is InChI=1S/C13H14Cl2N4O/c1-8-17-3-5-19(8)4-2-12(20)18-13-10(15)6-9(14)7-11(13)16/h3,5-7H,2,4,16H2,1H3,(H,18,20). The van der Waals surface area contributed by atoms with E-state index in [1.165, 1.54) is 6.07 Å². The van der Waals surface area contributed by atoms with Gasteiger partial charge >= 0.3 is 0 Å². The summed E-state index contributed by atoms with van der Waals surface area (Å²) in [4.78, 5) is 16.0. The van der Waals surface area contributed by atoms with Crippen molar-refractivity contribution in [1.82, 2.24) is 9.55 Å². The fourth-order valence-electron chi connectivity index (χ4n) is 1.79. The summed E-state index contributed by atoms with van der Waals surface area (Å²) in [7, 11) is 0. The lowest BCUT2D eigenvalue weighted by Gasteiger charge is -2.11. The first-order valence-electron chi connectivity index (χ1n) is 5.99. The Balaban J connectivity index is 2.00. The third-order valence-corrected chi connectivity index (χ3v) is 3.37. The molecule has 0 saturated carbocycles. The van der Waals surface area contributed by atoms with Crippen molar-refractivity contribution in [3.05, 3.63) is 40.4 Å². The Morgan fingerprint density at radius 3 is 2.80 bits per heavy atom. The first kappa shape index (κ1) is 14.7. The Kier molecular flexibility index (Phi) is 4.52. The zero-order chi connectivity index (χ0) is 14.7. The van der Waals surface area contributed by atoms with Crippen molar-refractivity contribution >= 4 is 40.5 Å². The van der Waals surface area contributed by atoms with Gasteiger partial charge in [0.05, 0.1) is 16.4 Å². The second-order valence-corrected chi connectivity index (χ2v) is 5.16. The van der Waals surface area contributed by atoms with E-state index in [9.17, 15) is 4.79 Å². The van der Waals surface area contributed by atoms with Gasteiger partial charge in [0.2, 0.25) is 5.91 Å². The summed E-state index contributed by atoms with van der Waals surface area (Å²) < 4.78 is 1.90. The largest absolute Gasteiger partial charge is 0.397 e. The molecule has 5 nitrogen and oxygen atoms in total. The number of nitrogens with two attached hydrogens (primary N) is 1. The van der Waals surface area contributed by atoms with E-state index in [4.69, 9.17) is 28.9 Å². The molecular weight excluding hydrogens is 299 g/mol. The van der Waals surface area contributed by atoms with E-state index in [2.05, 4.69) is 10.3 Å². The highest BCUT2D eigenvalue weighted by Crippen LogP contribution is 2.32. The van der Waals surface area contributed by atoms with Crippen LogP contribution >= 0.6 is 23.2 Å². The van der Waals surface area contributed by atoms with Crippen LogP contribution in [0.5, 0.6) is 0 Å². The molecule has 0 spiro atoms. The summed E-state index contributed by atoms with van der Waals surface area (Å²) in [6, 6.07) is 3.08. The number of benzene rings is 1. The van der Waals surface area contributed by atoms with E-state index in [0.29, 0.717) is 34.4 Å². The summed E-state index contributed by atoms with van der Waals surface area (Å²) >= 11 is 11.8. The number of carbonyl (C=O) groups excluding carboxylic acids is 1. The van der Waals surface area contributed by atoms with Crippen LogP contribution in [0.1, 0.15) is 12.2 Å². The minimum atomic E-state index is -0.172. The van der Waals surface area contributed by atoms with Crippen LogP contribution in [-0.4, -0.2) is 15.5 Å². The molecule has 1 aromatic heterocycles. The molecule has 0 aliphatic heterocycles. The second-order valence-electron chi connectivity index (χ2n) is 4.32. The van der Waals surface area contributed by atoms with Crippen molar-refractivity contribution in [2.45, 2.75) is 19.9 Å². The Labute approximate surface area is 126 Å². The second kappa shape index (κ2) is 6.15. The van der Waals surface area contributed by atoms with Crippen molar-refractivity contribution in [2.75, 3.05) is 11.1 Å². The minimum Gasteiger partial charge on any atom is -0.397 e. The highest BCUT2D eigenvalue weighted by Gasteiger charge is 2.11. The van der Waals surface area contributed by atoms with Crippen LogP contribution in [0, 0.1) is 6.92 Å². The fraction of sp³-hybridized carbons (Fsp3) is 0.231. The number of amides is 1. The van der Waals surface area contributed by atoms with Crippen molar-refractivity contribution in [3.63, 3.8) is 0 Å². The molecule has 1 heterocycles. The van der Waals surface area contributed by atoms with E-state index in [-0.39, 0.29) is 5.91 Å². The van der Waals surface area contributed by atoms with E-state index >= 15 is 0 Å². The third kappa shape index (κ3) is 3.43. The molecular formula is C13H14Cl2N4O. The topological polar surface area (TPSA) is 72.9 Å². The van der Waals surface area contributed by atoms with Gasteiger partial charge in [0.25, 0.3) is 0 Å². The van der Waals surface area contributed by atoms with Gasteiger partial charge in [-0.05, 0) is 19.1 Å². The summed E-state index contributed by atoms with van der Waals surface area (Å²) in [5.41, 5.74) is 6.52. The summed E-state index contributed by atoms with van der Waals surface area (Å²) in [5.74, 6) is 0.691. The van der Waals surface area contributed by atoms with E-state index in [1.54, 1.807) is 12.3 Å². The Morgan fingerprint density at radius 1 is 1.45 bits per heavy atom. The van der Waals surface area contributed by atoms with Gasteiger partial charge in [0.15, 0.2) is 0 Å². The quantitative estimate of drug-likeness (QED) is 0.852. The smallest absolute Gasteiger partial charge is 0.226 e. The zero-order valence-electron chi connectivity index (χ0n) is 10.9. The Bertz CT molecular complexity index is 616. The average molecular weight is 313 g/mol. The number of nitrogen functional groups attached to an aromatic ring is 1. The number of imidazole rings is 1. The molecule has 0 aliphatic rings. The number of hydrogen-bond acceptors (Lipinski definition) is 3. The zero-order valence-corrected chi connectivity index (χ0v) is 12.4. The molecule has 0 aliphatic carbocycles. The van der Waals surface area contributed by atoms with Gasteiger partial charge < -0.3 is 15.6 Å². The number of rotatable bonds is 4. The molecule has 7 heteroatoms. The van der Waals surface area contributed by atoms with E-state index in [1.807, 2.05) is 17.7 Å². The van der Waals surface area contributed by atoms with Crippen LogP contribution in [0.3, 0.4) is 0 Å². The maximum Gasteiger partial charge on any atom is 0.226 e. The lowest BCUT2D eigenvalue weighted by Crippen LogP contribution is -2.16. The van der Waals surface area contributed by atoms with Gasteiger partial charge in [-0.2, -0.15) is 0 Å². The van der Waals surface area contributed by atoms with Crippen LogP contribution in [0.4, 0.5) is 11.4 Å². The van der Waals surface area contributed by atoms with Gasteiger partial charge in [-0.1, -0.05) is 23.2 Å². The highest BCUT2D eigenvalue weighted by atomic mass is 35.5. The Morgan fingerprint density at radius 2 is 2.20 bits per heavy atom. The molecule has 0 radical (unpaired) electrons. The molecule has 0 fully saturated rings. The fourth-order valence-corrected chi connectivity index (χ4v) is 2.35. The molecule has 0 atom stereocenters. The first-order valence-corrected chi connectivity index (χ1v) is 6.75. The monoisotopic (exact) mass is 312 g/mol. The molecule has 0 bridgehead atoms. The van der Waals surface area contributed by atoms with Crippen molar-refractivity contribution < 1.29 is 4.79 Å². The number of nitrogens with zero attached hydrogens (tertiary/aromatic N) is 2. The first-order chi connectivity index (χ1) is 9.47. The summed E-state index contributed by atoms with van der Waals surface area (Å²) in [5, 5.41) is 3.45. The van der Waals surface area contributed by atoms with Gasteiger partial charge in [-0.15, -0.1) is 0 Å². The van der Waals surface area contributed by atoms with Crippen LogP contribution in [0.2, 0.25) is 10.0 Å². The van der Waals surface area contributed by atoms with Crippen LogP contribution in [-0.2, 0) is 11.3 Å². The lowest BCUT2D eigenvalue weighted by molar-refractivity contribution is -0.116. The van der Waals surface area contributed by atoms with Crippen molar-refractivity contribution in [1.29, 1.82) is 0 Å². The summed E-state index contributed by atoms with van der Waals surface area (Å²) in [6.07, 6.45) is 3.82. The van der Waals surface area contributed by atoms with Crippen LogP contribution in [0.25, 0.3) is 0 Å². The highest BCUT2D eigenvalue weighted by molar-refractivity contribution is 6.37. The molecule has 106 valence electrons. The van der Waals surface area contributed by atoms with Gasteiger partial charge in [-0.25, -0.2) is 4.98 Å².